The molecule has 0 amide bonds. The number of alkyl halides is 9. The van der Waals surface area contributed by atoms with E-state index < -0.39 is 52.5 Å². The average Bonchev–Trinajstić information content (AvgIpc) is 3.34. The van der Waals surface area contributed by atoms with Gasteiger partial charge in [0.2, 0.25) is 0 Å². The SMILES string of the molecule is FC(F)(F)c1cc(-c2nnc(-c3cccs3)c3cc4ccccc4cc23)c(C(F)(F)F)c(C(F)(F)F)c1. The van der Waals surface area contributed by atoms with Crippen molar-refractivity contribution in [2.45, 2.75) is 18.5 Å². The van der Waals surface area contributed by atoms with Crippen molar-refractivity contribution in [2.24, 2.45) is 0 Å². The van der Waals surface area contributed by atoms with Crippen molar-refractivity contribution in [2.75, 3.05) is 0 Å². The molecule has 2 heterocycles. The van der Waals surface area contributed by atoms with Crippen molar-refractivity contribution in [3.63, 3.8) is 0 Å². The van der Waals surface area contributed by atoms with Crippen LogP contribution < -0.4 is 0 Å². The molecule has 0 saturated heterocycles. The average molecular weight is 542 g/mol. The number of aromatic nitrogens is 2. The first-order chi connectivity index (χ1) is 17.2. The van der Waals surface area contributed by atoms with Crippen LogP contribution in [0.1, 0.15) is 16.7 Å². The van der Waals surface area contributed by atoms with Crippen LogP contribution in [0.25, 0.3) is 43.4 Å². The summed E-state index contributed by atoms with van der Waals surface area (Å²) in [6, 6.07) is 12.5. The van der Waals surface area contributed by atoms with Gasteiger partial charge in [0, 0.05) is 16.3 Å². The third kappa shape index (κ3) is 4.50. The van der Waals surface area contributed by atoms with E-state index >= 15 is 0 Å². The molecule has 190 valence electrons. The molecule has 3 aromatic carbocycles. The first-order valence-corrected chi connectivity index (χ1v) is 11.3. The van der Waals surface area contributed by atoms with E-state index in [0.29, 0.717) is 15.6 Å². The van der Waals surface area contributed by atoms with Crippen LogP contribution in [0.4, 0.5) is 39.5 Å². The van der Waals surface area contributed by atoms with Crippen molar-refractivity contribution < 1.29 is 39.5 Å². The summed E-state index contributed by atoms with van der Waals surface area (Å²) < 4.78 is 124. The van der Waals surface area contributed by atoms with Crippen LogP contribution in [0.2, 0.25) is 0 Å². The van der Waals surface area contributed by atoms with Gasteiger partial charge >= 0.3 is 18.5 Å². The first-order valence-electron chi connectivity index (χ1n) is 10.4. The number of fused-ring (bicyclic) bond motifs is 2. The van der Waals surface area contributed by atoms with Gasteiger partial charge in [-0.3, -0.25) is 0 Å². The predicted octanol–water partition coefficient (Wildman–Crippen LogP) is 9.23. The lowest BCUT2D eigenvalue weighted by Crippen LogP contribution is -2.20. The minimum Gasteiger partial charge on any atom is -0.166 e. The molecule has 0 saturated carbocycles. The van der Waals surface area contributed by atoms with Gasteiger partial charge in [-0.15, -0.1) is 21.5 Å². The molecule has 0 atom stereocenters. The maximum atomic E-state index is 14.1. The van der Waals surface area contributed by atoms with Crippen LogP contribution in [-0.4, -0.2) is 10.2 Å². The molecular weight excluding hydrogens is 531 g/mol. The lowest BCUT2D eigenvalue weighted by molar-refractivity contribution is -0.163. The Morgan fingerprint density at radius 1 is 0.595 bits per heavy atom. The van der Waals surface area contributed by atoms with Crippen LogP contribution in [-0.2, 0) is 18.5 Å². The van der Waals surface area contributed by atoms with Gasteiger partial charge in [0.15, 0.2) is 0 Å². The summed E-state index contributed by atoms with van der Waals surface area (Å²) in [5.74, 6) is 0. The number of thiophene rings is 1. The zero-order valence-corrected chi connectivity index (χ0v) is 18.9. The minimum atomic E-state index is -5.73. The smallest absolute Gasteiger partial charge is 0.166 e. The highest BCUT2D eigenvalue weighted by atomic mass is 32.1. The summed E-state index contributed by atoms with van der Waals surface area (Å²) in [6.45, 7) is 0. The summed E-state index contributed by atoms with van der Waals surface area (Å²) in [5.41, 5.74) is -8.48. The Morgan fingerprint density at radius 3 is 1.70 bits per heavy atom. The number of nitrogens with zero attached hydrogens (tertiary/aromatic N) is 2. The Bertz CT molecular complexity index is 1630. The molecule has 0 bridgehead atoms. The van der Waals surface area contributed by atoms with Crippen molar-refractivity contribution in [1.29, 1.82) is 0 Å². The molecule has 5 rings (SSSR count). The van der Waals surface area contributed by atoms with Crippen molar-refractivity contribution in [3.05, 3.63) is 82.7 Å². The molecule has 0 aliphatic rings. The van der Waals surface area contributed by atoms with Crippen molar-refractivity contribution in [1.82, 2.24) is 10.2 Å². The predicted molar refractivity (Wildman–Crippen MR) is 121 cm³/mol. The fraction of sp³-hybridized carbons (Fsp3) is 0.120. The van der Waals surface area contributed by atoms with E-state index in [9.17, 15) is 39.5 Å². The fourth-order valence-electron chi connectivity index (χ4n) is 4.16. The Balaban J connectivity index is 1.97. The molecule has 0 radical (unpaired) electrons. The summed E-state index contributed by atoms with van der Waals surface area (Å²) in [4.78, 5) is 0.565. The zero-order valence-electron chi connectivity index (χ0n) is 18.1. The quantitative estimate of drug-likeness (QED) is 0.164. The summed E-state index contributed by atoms with van der Waals surface area (Å²) in [6.07, 6.45) is -16.7. The molecular formula is C25H11F9N2S. The molecule has 0 N–H and O–H groups in total. The second kappa shape index (κ2) is 8.44. The van der Waals surface area contributed by atoms with E-state index in [2.05, 4.69) is 10.2 Å². The fourth-order valence-corrected chi connectivity index (χ4v) is 4.88. The maximum absolute atomic E-state index is 14.1. The second-order valence-electron chi connectivity index (χ2n) is 8.06. The third-order valence-corrected chi connectivity index (χ3v) is 6.59. The highest BCUT2D eigenvalue weighted by Gasteiger charge is 2.48. The van der Waals surface area contributed by atoms with Crippen LogP contribution in [0.5, 0.6) is 0 Å². The highest BCUT2D eigenvalue weighted by Crippen LogP contribution is 2.49. The van der Waals surface area contributed by atoms with E-state index in [1.54, 1.807) is 47.8 Å². The number of hydrogen-bond donors (Lipinski definition) is 0. The highest BCUT2D eigenvalue weighted by molar-refractivity contribution is 7.13. The molecule has 0 spiro atoms. The summed E-state index contributed by atoms with van der Waals surface area (Å²) >= 11 is 1.24. The van der Waals surface area contributed by atoms with Gasteiger partial charge < -0.3 is 0 Å². The lowest BCUT2D eigenvalue weighted by Gasteiger charge is -2.22. The standard InChI is InChI=1S/C25H11F9N2S/c26-23(27,28)14-10-17(20(25(32,33)34)18(11-14)24(29,30)31)21-15-8-12-4-1-2-5-13(12)9-16(15)22(36-35-21)19-6-3-7-37-19/h1-11H. The van der Waals surface area contributed by atoms with Crippen molar-refractivity contribution in [3.8, 4) is 21.8 Å². The molecule has 2 nitrogen and oxygen atoms in total. The maximum Gasteiger partial charge on any atom is 0.417 e. The summed E-state index contributed by atoms with van der Waals surface area (Å²) in [5, 5.41) is 10.8. The molecule has 37 heavy (non-hydrogen) atoms. The van der Waals surface area contributed by atoms with E-state index in [-0.39, 0.29) is 22.5 Å². The first kappa shape index (κ1) is 25.0. The zero-order chi connectivity index (χ0) is 26.8. The Kier molecular flexibility index (Phi) is 5.70. The monoisotopic (exact) mass is 542 g/mol. The van der Waals surface area contributed by atoms with Gasteiger partial charge in [0.25, 0.3) is 0 Å². The molecule has 5 aromatic rings. The lowest BCUT2D eigenvalue weighted by atomic mass is 9.91. The Labute approximate surface area is 206 Å². The molecule has 0 aliphatic carbocycles. The topological polar surface area (TPSA) is 25.8 Å². The third-order valence-electron chi connectivity index (χ3n) is 5.71. The van der Waals surface area contributed by atoms with Crippen molar-refractivity contribution >= 4 is 32.9 Å². The van der Waals surface area contributed by atoms with Crippen LogP contribution >= 0.6 is 11.3 Å². The normalized spacial score (nSPS) is 13.0. The van der Waals surface area contributed by atoms with E-state index in [0.717, 1.165) is 0 Å². The van der Waals surface area contributed by atoms with Gasteiger partial charge in [-0.2, -0.15) is 39.5 Å². The molecule has 0 aliphatic heterocycles. The number of rotatable bonds is 2. The van der Waals surface area contributed by atoms with E-state index in [4.69, 9.17) is 0 Å². The van der Waals surface area contributed by atoms with Gasteiger partial charge in [0.1, 0.15) is 11.4 Å². The van der Waals surface area contributed by atoms with E-state index in [1.165, 1.54) is 17.4 Å². The van der Waals surface area contributed by atoms with Gasteiger partial charge in [-0.05, 0) is 46.5 Å². The van der Waals surface area contributed by atoms with Gasteiger partial charge in [-0.25, -0.2) is 0 Å². The molecule has 12 heteroatoms. The molecule has 2 aromatic heterocycles. The molecule has 0 unspecified atom stereocenters. The van der Waals surface area contributed by atoms with E-state index in [1.807, 2.05) is 0 Å². The largest absolute Gasteiger partial charge is 0.417 e. The summed E-state index contributed by atoms with van der Waals surface area (Å²) in [7, 11) is 0. The number of benzene rings is 3. The van der Waals surface area contributed by atoms with Gasteiger partial charge in [0.05, 0.1) is 21.6 Å². The minimum absolute atomic E-state index is 0.0432. The molecule has 0 fully saturated rings. The van der Waals surface area contributed by atoms with Crippen LogP contribution in [0, 0.1) is 0 Å². The van der Waals surface area contributed by atoms with Gasteiger partial charge in [-0.1, -0.05) is 30.3 Å². The second-order valence-corrected chi connectivity index (χ2v) is 9.01. The number of halogens is 9. The number of hydrogen-bond acceptors (Lipinski definition) is 3. The Hall–Kier alpha value is -3.67. The van der Waals surface area contributed by atoms with Crippen LogP contribution in [0.15, 0.2) is 66.0 Å². The Morgan fingerprint density at radius 2 is 1.19 bits per heavy atom. The van der Waals surface area contributed by atoms with Crippen LogP contribution in [0.3, 0.4) is 0 Å².